The van der Waals surface area contributed by atoms with Crippen LogP contribution in [-0.2, 0) is 9.59 Å². The standard InChI is InChI=1S/C25H29N3O3/c1-4-26-14-16-27(17-15-26)23-22(19-10-12-20(13-11-19)31-5-2)24(29)28(25(23)30)21-9-7-6-8-18(21)3/h6-13H,4-5,14-17H2,1-3H3. The molecule has 31 heavy (non-hydrogen) atoms. The molecule has 0 bridgehead atoms. The highest BCUT2D eigenvalue weighted by atomic mass is 16.5. The maximum atomic E-state index is 13.6. The van der Waals surface area contributed by atoms with Crippen molar-refractivity contribution < 1.29 is 14.3 Å². The van der Waals surface area contributed by atoms with Crippen LogP contribution in [0.25, 0.3) is 5.57 Å². The number of imide groups is 1. The first-order valence-electron chi connectivity index (χ1n) is 10.9. The minimum atomic E-state index is -0.267. The lowest BCUT2D eigenvalue weighted by molar-refractivity contribution is -0.120. The van der Waals surface area contributed by atoms with E-state index in [9.17, 15) is 9.59 Å². The first-order valence-corrected chi connectivity index (χ1v) is 10.9. The molecule has 2 aromatic rings. The zero-order valence-electron chi connectivity index (χ0n) is 18.4. The number of carbonyl (C=O) groups excluding carboxylic acids is 2. The van der Waals surface area contributed by atoms with Crippen molar-refractivity contribution in [2.45, 2.75) is 20.8 Å². The molecule has 2 aromatic carbocycles. The van der Waals surface area contributed by atoms with Crippen LogP contribution in [-0.4, -0.2) is 60.9 Å². The van der Waals surface area contributed by atoms with Gasteiger partial charge in [0.25, 0.3) is 11.8 Å². The Hall–Kier alpha value is -3.12. The number of hydrogen-bond donors (Lipinski definition) is 0. The van der Waals surface area contributed by atoms with Crippen molar-refractivity contribution in [1.29, 1.82) is 0 Å². The number of piperazine rings is 1. The Balaban J connectivity index is 1.76. The molecule has 162 valence electrons. The highest BCUT2D eigenvalue weighted by molar-refractivity contribution is 6.45. The van der Waals surface area contributed by atoms with E-state index in [1.807, 2.05) is 62.4 Å². The van der Waals surface area contributed by atoms with E-state index in [2.05, 4.69) is 16.7 Å². The van der Waals surface area contributed by atoms with Crippen LogP contribution in [0, 0.1) is 6.92 Å². The summed E-state index contributed by atoms with van der Waals surface area (Å²) in [6.45, 7) is 10.8. The van der Waals surface area contributed by atoms with Gasteiger partial charge in [0.15, 0.2) is 0 Å². The van der Waals surface area contributed by atoms with E-state index < -0.39 is 0 Å². The van der Waals surface area contributed by atoms with Crippen LogP contribution in [0.1, 0.15) is 25.0 Å². The minimum Gasteiger partial charge on any atom is -0.494 e. The summed E-state index contributed by atoms with van der Waals surface area (Å²) in [6.07, 6.45) is 0. The third-order valence-corrected chi connectivity index (χ3v) is 6.01. The number of amides is 2. The number of rotatable bonds is 6. The number of likely N-dealkylation sites (N-methyl/N-ethyl adjacent to an activating group) is 1. The Morgan fingerprint density at radius 1 is 0.871 bits per heavy atom. The Morgan fingerprint density at radius 3 is 2.16 bits per heavy atom. The predicted molar refractivity (Wildman–Crippen MR) is 122 cm³/mol. The topological polar surface area (TPSA) is 53.1 Å². The molecule has 4 rings (SSSR count). The normalized spacial score (nSPS) is 17.6. The SMILES string of the molecule is CCOc1ccc(C2=C(N3CCN(CC)CC3)C(=O)N(c3ccccc3C)C2=O)cc1. The molecular formula is C25H29N3O3. The molecule has 1 fully saturated rings. The summed E-state index contributed by atoms with van der Waals surface area (Å²) in [6, 6.07) is 15.0. The molecule has 6 nitrogen and oxygen atoms in total. The monoisotopic (exact) mass is 419 g/mol. The molecule has 0 aliphatic carbocycles. The van der Waals surface area contributed by atoms with Crippen LogP contribution in [0.4, 0.5) is 5.69 Å². The third kappa shape index (κ3) is 3.95. The van der Waals surface area contributed by atoms with Crippen LogP contribution in [0.5, 0.6) is 5.75 Å². The van der Waals surface area contributed by atoms with Gasteiger partial charge in [-0.05, 0) is 49.7 Å². The van der Waals surface area contributed by atoms with Crippen LogP contribution in [0.3, 0.4) is 0 Å². The van der Waals surface area contributed by atoms with Gasteiger partial charge in [0.1, 0.15) is 11.4 Å². The minimum absolute atomic E-state index is 0.242. The lowest BCUT2D eigenvalue weighted by Crippen LogP contribution is -2.47. The Labute approximate surface area is 183 Å². The summed E-state index contributed by atoms with van der Waals surface area (Å²) in [5, 5.41) is 0. The van der Waals surface area contributed by atoms with E-state index in [0.717, 1.165) is 49.6 Å². The molecular weight excluding hydrogens is 390 g/mol. The number of carbonyl (C=O) groups is 2. The quantitative estimate of drug-likeness (QED) is 0.673. The molecule has 2 amide bonds. The Bertz CT molecular complexity index is 1000. The maximum absolute atomic E-state index is 13.6. The molecule has 0 unspecified atom stereocenters. The van der Waals surface area contributed by atoms with Crippen molar-refractivity contribution in [3.63, 3.8) is 0 Å². The fourth-order valence-electron chi connectivity index (χ4n) is 4.28. The van der Waals surface area contributed by atoms with Gasteiger partial charge in [0.2, 0.25) is 0 Å². The van der Waals surface area contributed by atoms with Crippen molar-refractivity contribution in [2.24, 2.45) is 0 Å². The molecule has 2 aliphatic heterocycles. The molecule has 2 heterocycles. The van der Waals surface area contributed by atoms with Gasteiger partial charge in [-0.2, -0.15) is 0 Å². The highest BCUT2D eigenvalue weighted by Crippen LogP contribution is 2.36. The fraction of sp³-hybridized carbons (Fsp3) is 0.360. The number of nitrogens with zero attached hydrogens (tertiary/aromatic N) is 3. The van der Waals surface area contributed by atoms with E-state index >= 15 is 0 Å². The maximum Gasteiger partial charge on any atom is 0.282 e. The molecule has 0 radical (unpaired) electrons. The largest absolute Gasteiger partial charge is 0.494 e. The number of hydrogen-bond acceptors (Lipinski definition) is 5. The second-order valence-corrected chi connectivity index (χ2v) is 7.83. The molecule has 0 spiro atoms. The molecule has 0 aromatic heterocycles. The summed E-state index contributed by atoms with van der Waals surface area (Å²) in [4.78, 5) is 33.0. The van der Waals surface area contributed by atoms with E-state index in [1.54, 1.807) is 0 Å². The van der Waals surface area contributed by atoms with E-state index in [0.29, 0.717) is 23.6 Å². The smallest absolute Gasteiger partial charge is 0.282 e. The molecule has 1 saturated heterocycles. The van der Waals surface area contributed by atoms with E-state index in [1.165, 1.54) is 4.90 Å². The first-order chi connectivity index (χ1) is 15.0. The number of benzene rings is 2. The van der Waals surface area contributed by atoms with Crippen LogP contribution in [0.2, 0.25) is 0 Å². The molecule has 2 aliphatic rings. The zero-order chi connectivity index (χ0) is 22.0. The second kappa shape index (κ2) is 8.94. The van der Waals surface area contributed by atoms with Crippen molar-refractivity contribution in [3.05, 3.63) is 65.4 Å². The van der Waals surface area contributed by atoms with E-state index in [-0.39, 0.29) is 11.8 Å². The zero-order valence-corrected chi connectivity index (χ0v) is 18.4. The number of ether oxygens (including phenoxy) is 1. The highest BCUT2D eigenvalue weighted by Gasteiger charge is 2.43. The number of para-hydroxylation sites is 1. The van der Waals surface area contributed by atoms with Gasteiger partial charge in [0.05, 0.1) is 17.9 Å². The summed E-state index contributed by atoms with van der Waals surface area (Å²) < 4.78 is 5.55. The van der Waals surface area contributed by atoms with Crippen molar-refractivity contribution in [1.82, 2.24) is 9.80 Å². The Morgan fingerprint density at radius 2 is 1.55 bits per heavy atom. The van der Waals surface area contributed by atoms with Gasteiger partial charge in [-0.15, -0.1) is 0 Å². The molecule has 0 N–H and O–H groups in total. The summed E-state index contributed by atoms with van der Waals surface area (Å²) in [7, 11) is 0. The third-order valence-electron chi connectivity index (χ3n) is 6.01. The molecule has 0 atom stereocenters. The lowest BCUT2D eigenvalue weighted by Gasteiger charge is -2.36. The van der Waals surface area contributed by atoms with Crippen LogP contribution in [0.15, 0.2) is 54.2 Å². The predicted octanol–water partition coefficient (Wildman–Crippen LogP) is 3.32. The van der Waals surface area contributed by atoms with Gasteiger partial charge in [0, 0.05) is 26.2 Å². The van der Waals surface area contributed by atoms with Gasteiger partial charge in [-0.25, -0.2) is 4.90 Å². The van der Waals surface area contributed by atoms with Gasteiger partial charge in [-0.1, -0.05) is 37.3 Å². The Kier molecular flexibility index (Phi) is 6.09. The first kappa shape index (κ1) is 21.1. The van der Waals surface area contributed by atoms with Crippen LogP contribution >= 0.6 is 0 Å². The lowest BCUT2D eigenvalue weighted by atomic mass is 10.0. The van der Waals surface area contributed by atoms with E-state index in [4.69, 9.17) is 4.74 Å². The van der Waals surface area contributed by atoms with Crippen molar-refractivity contribution in [3.8, 4) is 5.75 Å². The summed E-state index contributed by atoms with van der Waals surface area (Å²) >= 11 is 0. The van der Waals surface area contributed by atoms with Gasteiger partial charge >= 0.3 is 0 Å². The second-order valence-electron chi connectivity index (χ2n) is 7.83. The average Bonchev–Trinajstić information content (AvgIpc) is 3.05. The molecule has 6 heteroatoms. The fourth-order valence-corrected chi connectivity index (χ4v) is 4.28. The summed E-state index contributed by atoms with van der Waals surface area (Å²) in [5.74, 6) is 0.238. The average molecular weight is 420 g/mol. The molecule has 0 saturated carbocycles. The van der Waals surface area contributed by atoms with Crippen molar-refractivity contribution >= 4 is 23.1 Å². The van der Waals surface area contributed by atoms with Crippen LogP contribution < -0.4 is 9.64 Å². The van der Waals surface area contributed by atoms with Crippen molar-refractivity contribution in [2.75, 3.05) is 44.2 Å². The van der Waals surface area contributed by atoms with Gasteiger partial charge < -0.3 is 14.5 Å². The number of anilines is 1. The van der Waals surface area contributed by atoms with Gasteiger partial charge in [-0.3, -0.25) is 9.59 Å². The number of aryl methyl sites for hydroxylation is 1. The summed E-state index contributed by atoms with van der Waals surface area (Å²) in [5.41, 5.74) is 3.26.